The molecule has 4 rings (SSSR count). The second-order valence-corrected chi connectivity index (χ2v) is 8.36. The average molecular weight is 383 g/mol. The molecule has 0 radical (unpaired) electrons. The highest BCUT2D eigenvalue weighted by atomic mass is 15.3. The fourth-order valence-corrected chi connectivity index (χ4v) is 4.20. The van der Waals surface area contributed by atoms with Gasteiger partial charge < -0.3 is 20.4 Å². The van der Waals surface area contributed by atoms with Gasteiger partial charge in [-0.25, -0.2) is 0 Å². The molecule has 0 spiro atoms. The summed E-state index contributed by atoms with van der Waals surface area (Å²) in [6, 6.07) is 9.36. The van der Waals surface area contributed by atoms with E-state index in [4.69, 9.17) is 5.73 Å². The third kappa shape index (κ3) is 4.93. The number of nitrogens with two attached hydrogens (primary N) is 1. The number of likely N-dealkylation sites (N-methyl/N-ethyl adjacent to an activating group) is 1. The lowest BCUT2D eigenvalue weighted by Crippen LogP contribution is -2.44. The molecule has 0 amide bonds. The number of nitrogens with zero attached hydrogens (tertiary/aromatic N) is 5. The first-order valence-electron chi connectivity index (χ1n) is 10.7. The van der Waals surface area contributed by atoms with Crippen LogP contribution in [0.4, 0.5) is 5.69 Å². The lowest BCUT2D eigenvalue weighted by Gasteiger charge is -2.34. The standard InChI is InChI=1S/C22H34N6/c1-25-13-15-27(16-14-25)22-5-3-19(4-6-22)20-17-24-28(18-20)10-2-9-26-11-7-21(23)8-12-26/h3-6,17-18,21H,2,7-16,23H2,1H3. The van der Waals surface area contributed by atoms with E-state index in [1.165, 1.54) is 16.8 Å². The Kier molecular flexibility index (Phi) is 6.29. The Bertz CT molecular complexity index is 724. The maximum Gasteiger partial charge on any atom is 0.0568 e. The zero-order chi connectivity index (χ0) is 19.3. The molecule has 2 N–H and O–H groups in total. The van der Waals surface area contributed by atoms with Gasteiger partial charge in [-0.3, -0.25) is 4.68 Å². The Labute approximate surface area is 168 Å². The van der Waals surface area contributed by atoms with Crippen LogP contribution in [0, 0.1) is 0 Å². The molecule has 2 aliphatic rings. The maximum absolute atomic E-state index is 5.99. The number of hydrogen-bond acceptors (Lipinski definition) is 5. The minimum atomic E-state index is 0.410. The Morgan fingerprint density at radius 1 is 0.929 bits per heavy atom. The van der Waals surface area contributed by atoms with E-state index in [0.717, 1.165) is 71.6 Å². The van der Waals surface area contributed by atoms with Crippen LogP contribution in [0.2, 0.25) is 0 Å². The van der Waals surface area contributed by atoms with E-state index in [0.29, 0.717) is 6.04 Å². The third-order valence-electron chi connectivity index (χ3n) is 6.20. The number of benzene rings is 1. The molecule has 1 aromatic carbocycles. The molecule has 1 aromatic heterocycles. The van der Waals surface area contributed by atoms with Crippen molar-refractivity contribution in [1.82, 2.24) is 19.6 Å². The van der Waals surface area contributed by atoms with E-state index < -0.39 is 0 Å². The Hall–Kier alpha value is -1.89. The van der Waals surface area contributed by atoms with Gasteiger partial charge in [-0.05, 0) is 63.6 Å². The molecule has 0 bridgehead atoms. The molecular formula is C22H34N6. The van der Waals surface area contributed by atoms with Crippen LogP contribution in [0.3, 0.4) is 0 Å². The summed E-state index contributed by atoms with van der Waals surface area (Å²) in [7, 11) is 2.19. The van der Waals surface area contributed by atoms with Crippen molar-refractivity contribution in [2.75, 3.05) is 57.8 Å². The number of anilines is 1. The molecule has 0 saturated carbocycles. The third-order valence-corrected chi connectivity index (χ3v) is 6.20. The largest absolute Gasteiger partial charge is 0.369 e. The first-order chi connectivity index (χ1) is 13.7. The maximum atomic E-state index is 5.99. The lowest BCUT2D eigenvalue weighted by atomic mass is 10.1. The number of aryl methyl sites for hydroxylation is 1. The van der Waals surface area contributed by atoms with E-state index >= 15 is 0 Å². The van der Waals surface area contributed by atoms with E-state index in [-0.39, 0.29) is 0 Å². The molecule has 6 heteroatoms. The zero-order valence-corrected chi connectivity index (χ0v) is 17.1. The quantitative estimate of drug-likeness (QED) is 0.829. The molecule has 2 fully saturated rings. The van der Waals surface area contributed by atoms with Crippen molar-refractivity contribution in [1.29, 1.82) is 0 Å². The highest BCUT2D eigenvalue weighted by Crippen LogP contribution is 2.23. The van der Waals surface area contributed by atoms with Crippen LogP contribution in [0.15, 0.2) is 36.7 Å². The number of rotatable bonds is 6. The molecule has 28 heavy (non-hydrogen) atoms. The molecule has 2 aromatic rings. The van der Waals surface area contributed by atoms with Crippen molar-refractivity contribution >= 4 is 5.69 Å². The van der Waals surface area contributed by atoms with Gasteiger partial charge in [0.1, 0.15) is 0 Å². The van der Waals surface area contributed by atoms with Gasteiger partial charge in [-0.2, -0.15) is 5.10 Å². The number of aromatic nitrogens is 2. The summed E-state index contributed by atoms with van der Waals surface area (Å²) in [4.78, 5) is 7.39. The van der Waals surface area contributed by atoms with Crippen molar-refractivity contribution in [2.45, 2.75) is 31.8 Å². The highest BCUT2D eigenvalue weighted by Gasteiger charge is 2.16. The molecule has 3 heterocycles. The summed E-state index contributed by atoms with van der Waals surface area (Å²) in [5.74, 6) is 0. The predicted octanol–water partition coefficient (Wildman–Crippen LogP) is 2.12. The molecule has 152 valence electrons. The van der Waals surface area contributed by atoms with Crippen molar-refractivity contribution < 1.29 is 0 Å². The van der Waals surface area contributed by atoms with Gasteiger partial charge in [0.05, 0.1) is 6.20 Å². The Balaban J connectivity index is 1.28. The van der Waals surface area contributed by atoms with Crippen LogP contribution in [-0.4, -0.2) is 78.5 Å². The SMILES string of the molecule is CN1CCN(c2ccc(-c3cnn(CCCN4CCC(N)CC4)c3)cc2)CC1. The van der Waals surface area contributed by atoms with Crippen LogP contribution >= 0.6 is 0 Å². The molecule has 0 atom stereocenters. The predicted molar refractivity (Wildman–Crippen MR) is 116 cm³/mol. The number of hydrogen-bond donors (Lipinski definition) is 1. The van der Waals surface area contributed by atoms with Crippen molar-refractivity contribution in [3.05, 3.63) is 36.7 Å². The average Bonchev–Trinajstić information content (AvgIpc) is 3.19. The Morgan fingerprint density at radius 3 is 2.36 bits per heavy atom. The monoisotopic (exact) mass is 382 g/mol. The smallest absolute Gasteiger partial charge is 0.0568 e. The minimum Gasteiger partial charge on any atom is -0.369 e. The number of piperazine rings is 1. The summed E-state index contributed by atoms with van der Waals surface area (Å²) in [6.45, 7) is 8.89. The molecule has 2 aliphatic heterocycles. The van der Waals surface area contributed by atoms with Crippen LogP contribution in [0.1, 0.15) is 19.3 Å². The summed E-state index contributed by atoms with van der Waals surface area (Å²) in [6.07, 6.45) is 7.58. The normalized spacial score (nSPS) is 20.0. The summed E-state index contributed by atoms with van der Waals surface area (Å²) >= 11 is 0. The fraction of sp³-hybridized carbons (Fsp3) is 0.591. The van der Waals surface area contributed by atoms with Crippen molar-refractivity contribution in [3.8, 4) is 11.1 Å². The van der Waals surface area contributed by atoms with E-state index in [1.807, 2.05) is 6.20 Å². The van der Waals surface area contributed by atoms with Crippen LogP contribution < -0.4 is 10.6 Å². The first-order valence-corrected chi connectivity index (χ1v) is 10.7. The summed E-state index contributed by atoms with van der Waals surface area (Å²) in [5, 5.41) is 4.57. The zero-order valence-electron chi connectivity index (χ0n) is 17.1. The fourth-order valence-electron chi connectivity index (χ4n) is 4.20. The van der Waals surface area contributed by atoms with Crippen LogP contribution in [-0.2, 0) is 6.54 Å². The van der Waals surface area contributed by atoms with Gasteiger partial charge in [-0.1, -0.05) is 12.1 Å². The van der Waals surface area contributed by atoms with Gasteiger partial charge in [0.25, 0.3) is 0 Å². The highest BCUT2D eigenvalue weighted by molar-refractivity contribution is 5.65. The van der Waals surface area contributed by atoms with Crippen LogP contribution in [0.25, 0.3) is 11.1 Å². The van der Waals surface area contributed by atoms with E-state index in [1.54, 1.807) is 0 Å². The first kappa shape index (κ1) is 19.4. The summed E-state index contributed by atoms with van der Waals surface area (Å²) in [5.41, 5.74) is 9.76. The second-order valence-electron chi connectivity index (χ2n) is 8.36. The number of piperidine rings is 1. The van der Waals surface area contributed by atoms with Crippen LogP contribution in [0.5, 0.6) is 0 Å². The van der Waals surface area contributed by atoms with Gasteiger partial charge in [0, 0.05) is 56.2 Å². The van der Waals surface area contributed by atoms with E-state index in [2.05, 4.69) is 62.0 Å². The number of likely N-dealkylation sites (tertiary alicyclic amines) is 1. The van der Waals surface area contributed by atoms with E-state index in [9.17, 15) is 0 Å². The topological polar surface area (TPSA) is 53.6 Å². The molecule has 2 saturated heterocycles. The lowest BCUT2D eigenvalue weighted by molar-refractivity contribution is 0.207. The second kappa shape index (κ2) is 9.07. The molecular weight excluding hydrogens is 348 g/mol. The summed E-state index contributed by atoms with van der Waals surface area (Å²) < 4.78 is 2.08. The van der Waals surface area contributed by atoms with Crippen molar-refractivity contribution in [2.24, 2.45) is 5.73 Å². The van der Waals surface area contributed by atoms with Gasteiger partial charge >= 0.3 is 0 Å². The Morgan fingerprint density at radius 2 is 1.64 bits per heavy atom. The molecule has 6 nitrogen and oxygen atoms in total. The molecule has 0 aliphatic carbocycles. The van der Waals surface area contributed by atoms with Gasteiger partial charge in [0.2, 0.25) is 0 Å². The van der Waals surface area contributed by atoms with Gasteiger partial charge in [-0.15, -0.1) is 0 Å². The molecule has 0 unspecified atom stereocenters. The van der Waals surface area contributed by atoms with Gasteiger partial charge in [0.15, 0.2) is 0 Å². The minimum absolute atomic E-state index is 0.410. The van der Waals surface area contributed by atoms with Crippen molar-refractivity contribution in [3.63, 3.8) is 0 Å².